The summed E-state index contributed by atoms with van der Waals surface area (Å²) in [6.45, 7) is 2.75. The molecule has 0 fully saturated rings. The minimum absolute atomic E-state index is 0.694. The van der Waals surface area contributed by atoms with E-state index in [1.165, 1.54) is 0 Å². The zero-order valence-corrected chi connectivity index (χ0v) is 10.1. The zero-order chi connectivity index (χ0) is 11.5. The molecule has 2 N–H and O–H groups in total. The number of hydrogen-bond donors (Lipinski definition) is 1. The first kappa shape index (κ1) is 11.0. The van der Waals surface area contributed by atoms with Gasteiger partial charge in [0.25, 0.3) is 0 Å². The third kappa shape index (κ3) is 2.35. The lowest BCUT2D eigenvalue weighted by molar-refractivity contribution is 0.664. The van der Waals surface area contributed by atoms with Gasteiger partial charge < -0.3 is 10.3 Å². The van der Waals surface area contributed by atoms with Gasteiger partial charge in [0.1, 0.15) is 5.82 Å². The summed E-state index contributed by atoms with van der Waals surface area (Å²) in [6.07, 6.45) is 3.47. The van der Waals surface area contributed by atoms with Crippen LogP contribution in [0.1, 0.15) is 5.82 Å². The number of aryl methyl sites for hydroxylation is 2. The Bertz CT molecular complexity index is 474. The maximum Gasteiger partial charge on any atom is 0.191 e. The Morgan fingerprint density at radius 3 is 2.81 bits per heavy atom. The third-order valence-electron chi connectivity index (χ3n) is 2.26. The second kappa shape index (κ2) is 4.56. The van der Waals surface area contributed by atoms with Crippen molar-refractivity contribution in [1.29, 1.82) is 0 Å². The van der Waals surface area contributed by atoms with E-state index < -0.39 is 0 Å². The lowest BCUT2D eigenvalue weighted by Gasteiger charge is -2.01. The molecule has 0 aliphatic heterocycles. The molecule has 6 nitrogen and oxygen atoms in total. The number of thioether (sulfide) groups is 1. The summed E-state index contributed by atoms with van der Waals surface area (Å²) in [6, 6.07) is 0. The topological polar surface area (TPSA) is 74.6 Å². The molecule has 0 aliphatic carbocycles. The average Bonchev–Trinajstić information content (AvgIpc) is 2.79. The van der Waals surface area contributed by atoms with E-state index in [1.54, 1.807) is 18.0 Å². The molecule has 2 aromatic heterocycles. The van der Waals surface area contributed by atoms with Crippen molar-refractivity contribution in [1.82, 2.24) is 24.5 Å². The van der Waals surface area contributed by atoms with Gasteiger partial charge in [-0.3, -0.25) is 4.68 Å². The van der Waals surface area contributed by atoms with Crippen molar-refractivity contribution in [3.8, 4) is 0 Å². The van der Waals surface area contributed by atoms with E-state index >= 15 is 0 Å². The van der Waals surface area contributed by atoms with E-state index in [0.29, 0.717) is 5.69 Å². The lowest BCUT2D eigenvalue weighted by atomic mass is 10.6. The van der Waals surface area contributed by atoms with E-state index in [0.717, 1.165) is 23.3 Å². The largest absolute Gasteiger partial charge is 0.396 e. The van der Waals surface area contributed by atoms with Crippen LogP contribution in [-0.2, 0) is 13.6 Å². The first-order valence-corrected chi connectivity index (χ1v) is 5.92. The Morgan fingerprint density at radius 1 is 1.44 bits per heavy atom. The van der Waals surface area contributed by atoms with Gasteiger partial charge in [-0.2, -0.15) is 5.10 Å². The summed E-state index contributed by atoms with van der Waals surface area (Å²) in [4.78, 5) is 0. The fourth-order valence-corrected chi connectivity index (χ4v) is 2.13. The second-order valence-electron chi connectivity index (χ2n) is 3.47. The zero-order valence-electron chi connectivity index (χ0n) is 9.29. The van der Waals surface area contributed by atoms with Crippen molar-refractivity contribution in [3.05, 3.63) is 18.2 Å². The van der Waals surface area contributed by atoms with Crippen LogP contribution >= 0.6 is 11.8 Å². The van der Waals surface area contributed by atoms with Gasteiger partial charge >= 0.3 is 0 Å². The number of hydrogen-bond acceptors (Lipinski definition) is 5. The molecule has 16 heavy (non-hydrogen) atoms. The minimum atomic E-state index is 0.694. The van der Waals surface area contributed by atoms with Crippen LogP contribution in [0.3, 0.4) is 0 Å². The smallest absolute Gasteiger partial charge is 0.191 e. The van der Waals surface area contributed by atoms with Gasteiger partial charge in [-0.15, -0.1) is 10.2 Å². The Morgan fingerprint density at radius 2 is 2.25 bits per heavy atom. The summed E-state index contributed by atoms with van der Waals surface area (Å²) in [7, 11) is 1.96. The Labute approximate surface area is 97.8 Å². The van der Waals surface area contributed by atoms with Crippen molar-refractivity contribution in [2.75, 3.05) is 11.5 Å². The van der Waals surface area contributed by atoms with Gasteiger partial charge in [-0.1, -0.05) is 11.8 Å². The van der Waals surface area contributed by atoms with Crippen molar-refractivity contribution in [2.24, 2.45) is 7.05 Å². The van der Waals surface area contributed by atoms with Gasteiger partial charge in [0.15, 0.2) is 5.16 Å². The quantitative estimate of drug-likeness (QED) is 0.793. The van der Waals surface area contributed by atoms with Crippen LogP contribution < -0.4 is 5.73 Å². The van der Waals surface area contributed by atoms with Crippen LogP contribution in [0, 0.1) is 6.92 Å². The lowest BCUT2D eigenvalue weighted by Crippen LogP contribution is -2.02. The van der Waals surface area contributed by atoms with Crippen molar-refractivity contribution in [3.63, 3.8) is 0 Å². The van der Waals surface area contributed by atoms with Crippen LogP contribution in [-0.4, -0.2) is 30.3 Å². The average molecular weight is 238 g/mol. The summed E-state index contributed by atoms with van der Waals surface area (Å²) >= 11 is 1.66. The number of nitrogens with two attached hydrogens (primary N) is 1. The molecule has 2 aromatic rings. The second-order valence-corrected chi connectivity index (χ2v) is 4.54. The third-order valence-corrected chi connectivity index (χ3v) is 3.26. The molecule has 0 saturated heterocycles. The van der Waals surface area contributed by atoms with E-state index in [9.17, 15) is 0 Å². The highest BCUT2D eigenvalue weighted by molar-refractivity contribution is 7.99. The molecule has 0 spiro atoms. The Kier molecular flexibility index (Phi) is 3.14. The van der Waals surface area contributed by atoms with Crippen LogP contribution in [0.4, 0.5) is 5.69 Å². The van der Waals surface area contributed by atoms with Crippen molar-refractivity contribution < 1.29 is 0 Å². The molecule has 2 heterocycles. The molecule has 0 amide bonds. The SMILES string of the molecule is Cc1nnc(SCCn2cc(N)cn2)n1C. The highest BCUT2D eigenvalue weighted by Crippen LogP contribution is 2.15. The molecule has 86 valence electrons. The highest BCUT2D eigenvalue weighted by Gasteiger charge is 2.05. The van der Waals surface area contributed by atoms with Gasteiger partial charge in [0, 0.05) is 19.0 Å². The maximum absolute atomic E-state index is 5.57. The van der Waals surface area contributed by atoms with Crippen LogP contribution in [0.25, 0.3) is 0 Å². The van der Waals surface area contributed by atoms with E-state index in [4.69, 9.17) is 5.73 Å². The van der Waals surface area contributed by atoms with Gasteiger partial charge in [0.05, 0.1) is 18.4 Å². The molecule has 0 radical (unpaired) electrons. The summed E-state index contributed by atoms with van der Waals surface area (Å²) in [5.74, 6) is 1.82. The molecule has 0 aromatic carbocycles. The molecular weight excluding hydrogens is 224 g/mol. The van der Waals surface area contributed by atoms with Crippen LogP contribution in [0.15, 0.2) is 17.6 Å². The predicted molar refractivity (Wildman–Crippen MR) is 63.1 cm³/mol. The van der Waals surface area contributed by atoms with E-state index in [1.807, 2.05) is 29.4 Å². The summed E-state index contributed by atoms with van der Waals surface area (Å²) < 4.78 is 3.80. The molecular formula is C9H14N6S. The molecule has 2 rings (SSSR count). The van der Waals surface area contributed by atoms with Gasteiger partial charge in [-0.25, -0.2) is 0 Å². The number of aromatic nitrogens is 5. The van der Waals surface area contributed by atoms with Gasteiger partial charge in [-0.05, 0) is 6.92 Å². The summed E-state index contributed by atoms with van der Waals surface area (Å²) in [5, 5.41) is 13.1. The molecule has 7 heteroatoms. The van der Waals surface area contributed by atoms with E-state index in [-0.39, 0.29) is 0 Å². The monoisotopic (exact) mass is 238 g/mol. The van der Waals surface area contributed by atoms with Crippen LogP contribution in [0.2, 0.25) is 0 Å². The molecule has 0 saturated carbocycles. The number of nitrogens with zero attached hydrogens (tertiary/aromatic N) is 5. The minimum Gasteiger partial charge on any atom is -0.396 e. The molecule has 0 bridgehead atoms. The maximum atomic E-state index is 5.57. The standard InChI is InChI=1S/C9H14N6S/c1-7-12-13-9(14(7)2)16-4-3-15-6-8(10)5-11-15/h5-6H,3-4,10H2,1-2H3. The fourth-order valence-electron chi connectivity index (χ4n) is 1.25. The molecule has 0 aliphatic rings. The number of rotatable bonds is 4. The predicted octanol–water partition coefficient (Wildman–Crippen LogP) is 0.695. The molecule has 0 atom stereocenters. The van der Waals surface area contributed by atoms with E-state index in [2.05, 4.69) is 15.3 Å². The van der Waals surface area contributed by atoms with Crippen LogP contribution in [0.5, 0.6) is 0 Å². The first-order valence-electron chi connectivity index (χ1n) is 4.93. The van der Waals surface area contributed by atoms with Gasteiger partial charge in [0.2, 0.25) is 0 Å². The molecule has 0 unspecified atom stereocenters. The normalized spacial score (nSPS) is 10.9. The fraction of sp³-hybridized carbons (Fsp3) is 0.444. The highest BCUT2D eigenvalue weighted by atomic mass is 32.2. The van der Waals surface area contributed by atoms with Crippen molar-refractivity contribution in [2.45, 2.75) is 18.6 Å². The Hall–Kier alpha value is -1.50. The summed E-state index contributed by atoms with van der Waals surface area (Å²) in [5.41, 5.74) is 6.27. The van der Waals surface area contributed by atoms with Crippen molar-refractivity contribution >= 4 is 17.4 Å². The first-order chi connectivity index (χ1) is 7.66. The number of anilines is 1. The Balaban J connectivity index is 1.86. The number of nitrogen functional groups attached to an aromatic ring is 1.